The number of rotatable bonds is 3. The largest absolute Gasteiger partial charge is 0.350 e. The molecule has 88 valence electrons. The quantitative estimate of drug-likeness (QED) is 0.698. The molecule has 5 nitrogen and oxygen atoms in total. The third-order valence-corrected chi connectivity index (χ3v) is 3.16. The van der Waals surface area contributed by atoms with Crippen molar-refractivity contribution in [3.05, 3.63) is 18.2 Å². The molecule has 0 bridgehead atoms. The van der Waals surface area contributed by atoms with E-state index in [0.717, 1.165) is 31.4 Å². The van der Waals surface area contributed by atoms with E-state index in [9.17, 15) is 4.79 Å². The fourth-order valence-electron chi connectivity index (χ4n) is 2.18. The van der Waals surface area contributed by atoms with Gasteiger partial charge >= 0.3 is 0 Å². The van der Waals surface area contributed by atoms with E-state index in [0.29, 0.717) is 6.54 Å². The van der Waals surface area contributed by atoms with Gasteiger partial charge in [0, 0.05) is 12.2 Å². The molecule has 1 amide bonds. The van der Waals surface area contributed by atoms with Crippen LogP contribution >= 0.6 is 0 Å². The number of H-pyrrole nitrogens is 1. The van der Waals surface area contributed by atoms with E-state index in [1.807, 2.05) is 0 Å². The van der Waals surface area contributed by atoms with E-state index in [1.165, 1.54) is 0 Å². The maximum absolute atomic E-state index is 11.9. The van der Waals surface area contributed by atoms with Gasteiger partial charge in [-0.1, -0.05) is 12.8 Å². The minimum atomic E-state index is -0.0170. The molecule has 16 heavy (non-hydrogen) atoms. The zero-order valence-corrected chi connectivity index (χ0v) is 9.28. The number of carbonyl (C=O) groups excluding carboxylic acids is 1. The molecule has 1 aromatic rings. The fourth-order valence-corrected chi connectivity index (χ4v) is 2.18. The molecule has 1 aromatic heterocycles. The van der Waals surface area contributed by atoms with Crippen LogP contribution in [0.4, 0.5) is 0 Å². The molecule has 5 heteroatoms. The average molecular weight is 222 g/mol. The molecule has 0 spiro atoms. The van der Waals surface area contributed by atoms with Crippen molar-refractivity contribution in [2.75, 3.05) is 0 Å². The van der Waals surface area contributed by atoms with Crippen LogP contribution in [0.2, 0.25) is 0 Å². The Morgan fingerprint density at radius 2 is 2.38 bits per heavy atom. The van der Waals surface area contributed by atoms with E-state index in [2.05, 4.69) is 15.3 Å². The molecule has 0 radical (unpaired) electrons. The molecule has 2 unspecified atom stereocenters. The van der Waals surface area contributed by atoms with E-state index in [-0.39, 0.29) is 17.9 Å². The van der Waals surface area contributed by atoms with Gasteiger partial charge in [0.1, 0.15) is 0 Å². The van der Waals surface area contributed by atoms with E-state index in [1.54, 1.807) is 12.5 Å². The summed E-state index contributed by atoms with van der Waals surface area (Å²) >= 11 is 0. The molecule has 0 saturated heterocycles. The summed E-state index contributed by atoms with van der Waals surface area (Å²) in [4.78, 5) is 18.7. The number of hydrogen-bond acceptors (Lipinski definition) is 3. The zero-order chi connectivity index (χ0) is 11.4. The molecule has 1 aliphatic rings. The van der Waals surface area contributed by atoms with Crippen molar-refractivity contribution in [2.45, 2.75) is 38.3 Å². The minimum absolute atomic E-state index is 0.0170. The lowest BCUT2D eigenvalue weighted by Gasteiger charge is -2.27. The first-order chi connectivity index (χ1) is 7.77. The highest BCUT2D eigenvalue weighted by Gasteiger charge is 2.27. The van der Waals surface area contributed by atoms with Crippen LogP contribution in [-0.2, 0) is 11.3 Å². The summed E-state index contributed by atoms with van der Waals surface area (Å²) in [6, 6.07) is 0.0236. The Balaban J connectivity index is 1.83. The molecule has 1 aliphatic carbocycles. The second-order valence-electron chi connectivity index (χ2n) is 4.35. The number of nitrogens with one attached hydrogen (secondary N) is 2. The zero-order valence-electron chi connectivity index (χ0n) is 9.28. The number of nitrogens with zero attached hydrogens (tertiary/aromatic N) is 1. The Morgan fingerprint density at radius 3 is 3.06 bits per heavy atom. The highest BCUT2D eigenvalue weighted by Crippen LogP contribution is 2.22. The summed E-state index contributed by atoms with van der Waals surface area (Å²) in [6.07, 6.45) is 7.44. The Bertz CT molecular complexity index is 336. The molecular formula is C11H18N4O. The first-order valence-electron chi connectivity index (χ1n) is 5.78. The number of hydrogen-bond donors (Lipinski definition) is 3. The van der Waals surface area contributed by atoms with E-state index in [4.69, 9.17) is 5.73 Å². The summed E-state index contributed by atoms with van der Waals surface area (Å²) in [6.45, 7) is 0.502. The van der Waals surface area contributed by atoms with Crippen LogP contribution in [0.3, 0.4) is 0 Å². The van der Waals surface area contributed by atoms with Crippen molar-refractivity contribution < 1.29 is 4.79 Å². The molecule has 1 saturated carbocycles. The van der Waals surface area contributed by atoms with E-state index < -0.39 is 0 Å². The predicted molar refractivity (Wildman–Crippen MR) is 60.4 cm³/mol. The van der Waals surface area contributed by atoms with Crippen LogP contribution in [0.5, 0.6) is 0 Å². The van der Waals surface area contributed by atoms with Crippen molar-refractivity contribution in [1.82, 2.24) is 15.3 Å². The van der Waals surface area contributed by atoms with Gasteiger partial charge in [0.25, 0.3) is 0 Å². The number of amides is 1. The summed E-state index contributed by atoms with van der Waals surface area (Å²) in [7, 11) is 0. The minimum Gasteiger partial charge on any atom is -0.350 e. The average Bonchev–Trinajstić information content (AvgIpc) is 2.79. The second kappa shape index (κ2) is 5.12. The Kier molecular flexibility index (Phi) is 3.56. The normalized spacial score (nSPS) is 25.3. The molecule has 2 atom stereocenters. The summed E-state index contributed by atoms with van der Waals surface area (Å²) in [5.41, 5.74) is 6.86. The highest BCUT2D eigenvalue weighted by molar-refractivity contribution is 5.79. The molecule has 1 fully saturated rings. The van der Waals surface area contributed by atoms with Gasteiger partial charge in [0.05, 0.1) is 24.5 Å². The molecule has 2 rings (SSSR count). The van der Waals surface area contributed by atoms with Crippen molar-refractivity contribution in [3.63, 3.8) is 0 Å². The molecular weight excluding hydrogens is 204 g/mol. The van der Waals surface area contributed by atoms with Gasteiger partial charge in [-0.25, -0.2) is 4.98 Å². The Morgan fingerprint density at radius 1 is 1.56 bits per heavy atom. The van der Waals surface area contributed by atoms with Gasteiger partial charge in [-0.2, -0.15) is 0 Å². The van der Waals surface area contributed by atoms with Crippen molar-refractivity contribution in [3.8, 4) is 0 Å². The molecule has 1 heterocycles. The third-order valence-electron chi connectivity index (χ3n) is 3.16. The SMILES string of the molecule is NC1CCCCC1C(=O)NCc1cnc[nH]1. The number of aromatic amines is 1. The number of imidazole rings is 1. The lowest BCUT2D eigenvalue weighted by atomic mass is 9.84. The summed E-state index contributed by atoms with van der Waals surface area (Å²) in [5.74, 6) is 0.0541. The van der Waals surface area contributed by atoms with Crippen molar-refractivity contribution in [2.24, 2.45) is 11.7 Å². The monoisotopic (exact) mass is 222 g/mol. The van der Waals surface area contributed by atoms with Crippen LogP contribution in [0.25, 0.3) is 0 Å². The lowest BCUT2D eigenvalue weighted by molar-refractivity contribution is -0.126. The number of nitrogens with two attached hydrogens (primary N) is 1. The summed E-state index contributed by atoms with van der Waals surface area (Å²) in [5, 5.41) is 2.90. The number of carbonyl (C=O) groups is 1. The van der Waals surface area contributed by atoms with Gasteiger partial charge in [-0.3, -0.25) is 4.79 Å². The van der Waals surface area contributed by atoms with Gasteiger partial charge in [-0.05, 0) is 12.8 Å². The lowest BCUT2D eigenvalue weighted by Crippen LogP contribution is -2.43. The van der Waals surface area contributed by atoms with E-state index >= 15 is 0 Å². The fraction of sp³-hybridized carbons (Fsp3) is 0.636. The topological polar surface area (TPSA) is 83.8 Å². The standard InChI is InChI=1S/C11H18N4O/c12-10-4-2-1-3-9(10)11(16)14-6-8-5-13-7-15-8/h5,7,9-10H,1-4,6,12H2,(H,13,15)(H,14,16). The van der Waals surface area contributed by atoms with Crippen molar-refractivity contribution >= 4 is 5.91 Å². The predicted octanol–water partition coefficient (Wildman–Crippen LogP) is 0.543. The maximum Gasteiger partial charge on any atom is 0.224 e. The maximum atomic E-state index is 11.9. The van der Waals surface area contributed by atoms with Gasteiger partial charge < -0.3 is 16.0 Å². The van der Waals surface area contributed by atoms with Crippen LogP contribution in [-0.4, -0.2) is 21.9 Å². The molecule has 0 aliphatic heterocycles. The van der Waals surface area contributed by atoms with Crippen molar-refractivity contribution in [1.29, 1.82) is 0 Å². The Labute approximate surface area is 94.8 Å². The highest BCUT2D eigenvalue weighted by atomic mass is 16.1. The third kappa shape index (κ3) is 2.61. The summed E-state index contributed by atoms with van der Waals surface area (Å²) < 4.78 is 0. The first-order valence-corrected chi connectivity index (χ1v) is 5.78. The van der Waals surface area contributed by atoms with Gasteiger partial charge in [-0.15, -0.1) is 0 Å². The van der Waals surface area contributed by atoms with Crippen LogP contribution in [0, 0.1) is 5.92 Å². The first kappa shape index (κ1) is 11.1. The Hall–Kier alpha value is -1.36. The van der Waals surface area contributed by atoms with Crippen LogP contribution in [0.15, 0.2) is 12.5 Å². The van der Waals surface area contributed by atoms with Crippen LogP contribution in [0.1, 0.15) is 31.4 Å². The van der Waals surface area contributed by atoms with Gasteiger partial charge in [0.15, 0.2) is 0 Å². The smallest absolute Gasteiger partial charge is 0.224 e. The van der Waals surface area contributed by atoms with Crippen LogP contribution < -0.4 is 11.1 Å². The van der Waals surface area contributed by atoms with Gasteiger partial charge in [0.2, 0.25) is 5.91 Å². The molecule has 0 aromatic carbocycles. The second-order valence-corrected chi connectivity index (χ2v) is 4.35. The number of aromatic nitrogens is 2. The molecule has 4 N–H and O–H groups in total.